The van der Waals surface area contributed by atoms with Crippen LogP contribution in [-0.2, 0) is 21.6 Å². The van der Waals surface area contributed by atoms with E-state index in [1.54, 1.807) is 6.92 Å². The number of rotatable bonds is 6. The highest BCUT2D eigenvalue weighted by Gasteiger charge is 2.21. The molecule has 0 saturated carbocycles. The largest absolute Gasteiger partial charge is 0.445 e. The zero-order chi connectivity index (χ0) is 17.7. The predicted molar refractivity (Wildman–Crippen MR) is 86.2 cm³/mol. The molecule has 0 fully saturated rings. The molecular weight excluding hydrogens is 334 g/mol. The second-order valence-corrected chi connectivity index (χ2v) is 7.19. The van der Waals surface area contributed by atoms with E-state index in [0.717, 1.165) is 20.3 Å². The fourth-order valence-corrected chi connectivity index (χ4v) is 2.43. The SMILES string of the molecule is C[C@H](NC(=O)OCc1ccccc1)c1ncn(S(=O)(=O)N(C)C)n1. The first kappa shape index (κ1) is 17.9. The van der Waals surface area contributed by atoms with Crippen molar-refractivity contribution in [1.29, 1.82) is 0 Å². The maximum absolute atomic E-state index is 11.9. The van der Waals surface area contributed by atoms with Crippen molar-refractivity contribution in [2.24, 2.45) is 0 Å². The minimum atomic E-state index is -3.73. The first-order chi connectivity index (χ1) is 11.3. The van der Waals surface area contributed by atoms with Gasteiger partial charge >= 0.3 is 16.3 Å². The third-order valence-electron chi connectivity index (χ3n) is 3.12. The van der Waals surface area contributed by atoms with Gasteiger partial charge in [0.15, 0.2) is 5.82 Å². The Morgan fingerprint density at radius 3 is 2.62 bits per heavy atom. The summed E-state index contributed by atoms with van der Waals surface area (Å²) in [6, 6.07) is 8.64. The van der Waals surface area contributed by atoms with E-state index < -0.39 is 22.3 Å². The minimum absolute atomic E-state index is 0.135. The second kappa shape index (κ2) is 7.41. The Kier molecular flexibility index (Phi) is 5.52. The number of amides is 1. The number of carbonyl (C=O) groups excluding carboxylic acids is 1. The van der Waals surface area contributed by atoms with Crippen molar-refractivity contribution in [2.45, 2.75) is 19.6 Å². The van der Waals surface area contributed by atoms with Crippen LogP contribution in [0.2, 0.25) is 0 Å². The van der Waals surface area contributed by atoms with Crippen LogP contribution in [0, 0.1) is 0 Å². The summed E-state index contributed by atoms with van der Waals surface area (Å²) in [6.45, 7) is 1.77. The molecule has 1 aromatic carbocycles. The highest BCUT2D eigenvalue weighted by Crippen LogP contribution is 2.09. The number of carbonyl (C=O) groups is 1. The molecule has 0 spiro atoms. The van der Waals surface area contributed by atoms with Crippen LogP contribution in [0.3, 0.4) is 0 Å². The van der Waals surface area contributed by atoms with E-state index >= 15 is 0 Å². The first-order valence-corrected chi connectivity index (χ1v) is 8.52. The van der Waals surface area contributed by atoms with Gasteiger partial charge in [-0.1, -0.05) is 30.3 Å². The van der Waals surface area contributed by atoms with Gasteiger partial charge in [0.05, 0.1) is 6.04 Å². The van der Waals surface area contributed by atoms with Gasteiger partial charge in [-0.05, 0) is 12.5 Å². The molecule has 1 aromatic heterocycles. The molecule has 24 heavy (non-hydrogen) atoms. The quantitative estimate of drug-likeness (QED) is 0.828. The molecule has 0 aliphatic rings. The summed E-state index contributed by atoms with van der Waals surface area (Å²) in [4.78, 5) is 15.7. The molecule has 1 atom stereocenters. The normalized spacial score (nSPS) is 12.8. The van der Waals surface area contributed by atoms with E-state index in [9.17, 15) is 13.2 Å². The molecule has 1 N–H and O–H groups in total. The lowest BCUT2D eigenvalue weighted by molar-refractivity contribution is 0.136. The molecule has 0 aliphatic carbocycles. The van der Waals surface area contributed by atoms with Gasteiger partial charge in [0.2, 0.25) is 0 Å². The van der Waals surface area contributed by atoms with E-state index in [-0.39, 0.29) is 12.4 Å². The van der Waals surface area contributed by atoms with Crippen LogP contribution in [0.1, 0.15) is 24.4 Å². The number of hydrogen-bond acceptors (Lipinski definition) is 6. The summed E-state index contributed by atoms with van der Waals surface area (Å²) in [5.41, 5.74) is 0.861. The lowest BCUT2D eigenvalue weighted by atomic mass is 10.2. The fraction of sp³-hybridized carbons (Fsp3) is 0.357. The van der Waals surface area contributed by atoms with Gasteiger partial charge in [0.25, 0.3) is 0 Å². The van der Waals surface area contributed by atoms with E-state index in [1.807, 2.05) is 30.3 Å². The fourth-order valence-electron chi connectivity index (χ4n) is 1.74. The molecule has 0 aliphatic heterocycles. The Labute approximate surface area is 140 Å². The maximum Gasteiger partial charge on any atom is 0.408 e. The number of nitrogens with one attached hydrogen (secondary N) is 1. The van der Waals surface area contributed by atoms with Crippen molar-refractivity contribution < 1.29 is 17.9 Å². The summed E-state index contributed by atoms with van der Waals surface area (Å²) >= 11 is 0. The topological polar surface area (TPSA) is 106 Å². The van der Waals surface area contributed by atoms with E-state index in [0.29, 0.717) is 0 Å². The molecule has 10 heteroatoms. The van der Waals surface area contributed by atoms with Gasteiger partial charge in [0, 0.05) is 14.1 Å². The highest BCUT2D eigenvalue weighted by atomic mass is 32.2. The molecule has 1 heterocycles. The zero-order valence-electron chi connectivity index (χ0n) is 13.6. The van der Waals surface area contributed by atoms with Crippen LogP contribution in [0.15, 0.2) is 36.7 Å². The highest BCUT2D eigenvalue weighted by molar-refractivity contribution is 7.87. The third-order valence-corrected chi connectivity index (χ3v) is 4.69. The Morgan fingerprint density at radius 2 is 2.00 bits per heavy atom. The number of aromatic nitrogens is 3. The van der Waals surface area contributed by atoms with E-state index in [2.05, 4.69) is 15.4 Å². The van der Waals surface area contributed by atoms with Crippen molar-refractivity contribution in [2.75, 3.05) is 14.1 Å². The summed E-state index contributed by atoms with van der Waals surface area (Å²) < 4.78 is 30.7. The van der Waals surface area contributed by atoms with Gasteiger partial charge in [-0.3, -0.25) is 0 Å². The average molecular weight is 353 g/mol. The number of ether oxygens (including phenoxy) is 1. The third kappa shape index (κ3) is 4.30. The first-order valence-electron chi connectivity index (χ1n) is 7.12. The van der Waals surface area contributed by atoms with E-state index in [4.69, 9.17) is 4.74 Å². The van der Waals surface area contributed by atoms with Crippen LogP contribution < -0.4 is 5.32 Å². The molecule has 1 amide bonds. The van der Waals surface area contributed by atoms with Gasteiger partial charge in [-0.2, -0.15) is 12.7 Å². The van der Waals surface area contributed by atoms with Crippen molar-refractivity contribution in [3.05, 3.63) is 48.0 Å². The van der Waals surface area contributed by atoms with Crippen molar-refractivity contribution in [3.8, 4) is 0 Å². The van der Waals surface area contributed by atoms with Gasteiger partial charge in [0.1, 0.15) is 12.9 Å². The van der Waals surface area contributed by atoms with Crippen molar-refractivity contribution in [1.82, 2.24) is 23.8 Å². The molecule has 0 radical (unpaired) electrons. The lowest BCUT2D eigenvalue weighted by Gasteiger charge is -2.12. The molecule has 130 valence electrons. The van der Waals surface area contributed by atoms with Crippen molar-refractivity contribution in [3.63, 3.8) is 0 Å². The van der Waals surface area contributed by atoms with Crippen LogP contribution >= 0.6 is 0 Å². The maximum atomic E-state index is 11.9. The number of alkyl carbamates (subject to hydrolysis) is 1. The van der Waals surface area contributed by atoms with Gasteiger partial charge in [-0.25, -0.2) is 9.78 Å². The van der Waals surface area contributed by atoms with Crippen LogP contribution in [-0.4, -0.2) is 47.1 Å². The lowest BCUT2D eigenvalue weighted by Crippen LogP contribution is -2.30. The summed E-state index contributed by atoms with van der Waals surface area (Å²) in [7, 11) is -0.955. The predicted octanol–water partition coefficient (Wildman–Crippen LogP) is 0.920. The Balaban J connectivity index is 1.94. The number of hydrogen-bond donors (Lipinski definition) is 1. The molecule has 2 aromatic rings. The molecule has 9 nitrogen and oxygen atoms in total. The Morgan fingerprint density at radius 1 is 1.33 bits per heavy atom. The zero-order valence-corrected chi connectivity index (χ0v) is 14.4. The van der Waals surface area contributed by atoms with Gasteiger partial charge < -0.3 is 10.1 Å². The number of nitrogens with zero attached hydrogens (tertiary/aromatic N) is 4. The average Bonchev–Trinajstić information content (AvgIpc) is 3.04. The van der Waals surface area contributed by atoms with Crippen LogP contribution in [0.5, 0.6) is 0 Å². The summed E-state index contributed by atoms with van der Waals surface area (Å²) in [6.07, 6.45) is 0.441. The summed E-state index contributed by atoms with van der Waals surface area (Å²) in [5, 5.41) is 6.43. The summed E-state index contributed by atoms with van der Waals surface area (Å²) in [5.74, 6) is 0.164. The van der Waals surface area contributed by atoms with Crippen molar-refractivity contribution >= 4 is 16.3 Å². The molecule has 2 rings (SSSR count). The molecule has 0 bridgehead atoms. The Hall–Kier alpha value is -2.46. The monoisotopic (exact) mass is 353 g/mol. The van der Waals surface area contributed by atoms with Gasteiger partial charge in [-0.15, -0.1) is 9.19 Å². The molecule has 0 saturated heterocycles. The standard InChI is InChI=1S/C14H19N5O4S/c1-11(13-15-10-19(17-13)24(21,22)18(2)3)16-14(20)23-9-12-7-5-4-6-8-12/h4-8,10-11H,9H2,1-3H3,(H,16,20)/t11-/m0/s1. The second-order valence-electron chi connectivity index (χ2n) is 5.19. The smallest absolute Gasteiger partial charge is 0.408 e. The Bertz CT molecular complexity index is 789. The van der Waals surface area contributed by atoms with Crippen LogP contribution in [0.4, 0.5) is 4.79 Å². The van der Waals surface area contributed by atoms with E-state index in [1.165, 1.54) is 14.1 Å². The molecular formula is C14H19N5O4S. The number of benzene rings is 1. The van der Waals surface area contributed by atoms with Crippen LogP contribution in [0.25, 0.3) is 0 Å². The molecule has 0 unspecified atom stereocenters. The minimum Gasteiger partial charge on any atom is -0.445 e.